The second-order valence-electron chi connectivity index (χ2n) is 3.86. The molecular weight excluding hydrogens is 232 g/mol. The molecule has 0 fully saturated rings. The molecule has 0 N–H and O–H groups in total. The smallest absolute Gasteiger partial charge is 0.311 e. The van der Waals surface area contributed by atoms with Crippen LogP contribution in [-0.2, 0) is 0 Å². The first-order valence-electron chi connectivity index (χ1n) is 5.37. The summed E-state index contributed by atoms with van der Waals surface area (Å²) in [6, 6.07) is 8.57. The van der Waals surface area contributed by atoms with Crippen molar-refractivity contribution in [2.24, 2.45) is 0 Å². The van der Waals surface area contributed by atoms with Crippen LogP contribution in [0.4, 0.5) is 5.69 Å². The molecule has 92 valence electrons. The Kier molecular flexibility index (Phi) is 3.23. The molecule has 1 heterocycles. The largest absolute Gasteiger partial charge is 0.490 e. The van der Waals surface area contributed by atoms with Gasteiger partial charge in [0.1, 0.15) is 0 Å². The number of aryl methyl sites for hydroxylation is 1. The first kappa shape index (κ1) is 12.0. The standard InChI is InChI=1S/C13H12N2O3/c1-9-5-6-14-11(7-9)10-3-4-13(18-2)12(8-10)15(16)17/h3-8H,1-2H3. The highest BCUT2D eigenvalue weighted by molar-refractivity contribution is 5.66. The van der Waals surface area contributed by atoms with Gasteiger partial charge in [-0.15, -0.1) is 0 Å². The van der Waals surface area contributed by atoms with E-state index in [0.717, 1.165) is 5.56 Å². The Labute approximate surface area is 104 Å². The van der Waals surface area contributed by atoms with Gasteiger partial charge in [0, 0.05) is 17.8 Å². The number of benzene rings is 1. The van der Waals surface area contributed by atoms with Gasteiger partial charge in [-0.2, -0.15) is 0 Å². The van der Waals surface area contributed by atoms with Crippen molar-refractivity contribution in [3.8, 4) is 17.0 Å². The van der Waals surface area contributed by atoms with Gasteiger partial charge in [-0.05, 0) is 36.8 Å². The van der Waals surface area contributed by atoms with E-state index in [-0.39, 0.29) is 11.4 Å². The summed E-state index contributed by atoms with van der Waals surface area (Å²) in [6.45, 7) is 1.95. The maximum Gasteiger partial charge on any atom is 0.311 e. The van der Waals surface area contributed by atoms with Gasteiger partial charge in [0.15, 0.2) is 5.75 Å². The fraction of sp³-hybridized carbons (Fsp3) is 0.154. The number of rotatable bonds is 3. The number of aromatic nitrogens is 1. The van der Waals surface area contributed by atoms with Gasteiger partial charge in [-0.3, -0.25) is 15.1 Å². The van der Waals surface area contributed by atoms with Gasteiger partial charge in [0.25, 0.3) is 0 Å². The van der Waals surface area contributed by atoms with E-state index in [1.807, 2.05) is 19.1 Å². The van der Waals surface area contributed by atoms with Crippen molar-refractivity contribution in [2.45, 2.75) is 6.92 Å². The molecule has 1 aromatic heterocycles. The van der Waals surface area contributed by atoms with E-state index in [1.165, 1.54) is 13.2 Å². The number of nitro benzene ring substituents is 1. The first-order chi connectivity index (χ1) is 8.61. The summed E-state index contributed by atoms with van der Waals surface area (Å²) in [5.41, 5.74) is 2.41. The lowest BCUT2D eigenvalue weighted by molar-refractivity contribution is -0.385. The maximum absolute atomic E-state index is 10.9. The quantitative estimate of drug-likeness (QED) is 0.615. The Hall–Kier alpha value is -2.43. The highest BCUT2D eigenvalue weighted by Gasteiger charge is 2.16. The zero-order chi connectivity index (χ0) is 13.1. The lowest BCUT2D eigenvalue weighted by atomic mass is 10.1. The Morgan fingerprint density at radius 2 is 2.06 bits per heavy atom. The fourth-order valence-corrected chi connectivity index (χ4v) is 1.69. The molecule has 0 saturated heterocycles. The Bertz CT molecular complexity index is 597. The molecule has 0 radical (unpaired) electrons. The Balaban J connectivity index is 2.53. The van der Waals surface area contributed by atoms with Gasteiger partial charge in [-0.1, -0.05) is 0 Å². The van der Waals surface area contributed by atoms with Gasteiger partial charge in [0.05, 0.1) is 17.7 Å². The van der Waals surface area contributed by atoms with E-state index in [2.05, 4.69) is 4.98 Å². The summed E-state index contributed by atoms with van der Waals surface area (Å²) in [6.07, 6.45) is 1.68. The first-order valence-corrected chi connectivity index (χ1v) is 5.37. The molecule has 0 unspecified atom stereocenters. The number of pyridine rings is 1. The molecule has 2 rings (SSSR count). The van der Waals surface area contributed by atoms with Crippen LogP contribution in [0, 0.1) is 17.0 Å². The van der Waals surface area contributed by atoms with E-state index < -0.39 is 4.92 Å². The zero-order valence-corrected chi connectivity index (χ0v) is 10.1. The third-order valence-electron chi connectivity index (χ3n) is 2.59. The maximum atomic E-state index is 10.9. The molecule has 18 heavy (non-hydrogen) atoms. The van der Waals surface area contributed by atoms with E-state index in [0.29, 0.717) is 11.3 Å². The predicted octanol–water partition coefficient (Wildman–Crippen LogP) is 2.97. The molecular formula is C13H12N2O3. The average Bonchev–Trinajstić information content (AvgIpc) is 2.38. The number of ether oxygens (including phenoxy) is 1. The lowest BCUT2D eigenvalue weighted by Crippen LogP contribution is -1.94. The fourth-order valence-electron chi connectivity index (χ4n) is 1.69. The number of nitrogens with zero attached hydrogens (tertiary/aromatic N) is 2. The van der Waals surface area contributed by atoms with Crippen LogP contribution in [0.1, 0.15) is 5.56 Å². The minimum atomic E-state index is -0.460. The molecule has 0 saturated carbocycles. The summed E-state index contributed by atoms with van der Waals surface area (Å²) in [5, 5.41) is 10.9. The summed E-state index contributed by atoms with van der Waals surface area (Å²) >= 11 is 0. The molecule has 2 aromatic rings. The molecule has 0 bridgehead atoms. The van der Waals surface area contributed by atoms with Crippen molar-refractivity contribution in [2.75, 3.05) is 7.11 Å². The summed E-state index contributed by atoms with van der Waals surface area (Å²) in [5.74, 6) is 0.247. The third kappa shape index (κ3) is 2.29. The highest BCUT2D eigenvalue weighted by Crippen LogP contribution is 2.31. The molecule has 5 nitrogen and oxygen atoms in total. The monoisotopic (exact) mass is 244 g/mol. The highest BCUT2D eigenvalue weighted by atomic mass is 16.6. The molecule has 0 atom stereocenters. The molecule has 0 amide bonds. The summed E-state index contributed by atoms with van der Waals surface area (Å²) in [7, 11) is 1.41. The van der Waals surface area contributed by atoms with Crippen molar-refractivity contribution in [3.05, 3.63) is 52.2 Å². The van der Waals surface area contributed by atoms with Crippen molar-refractivity contribution < 1.29 is 9.66 Å². The van der Waals surface area contributed by atoms with Crippen molar-refractivity contribution in [1.29, 1.82) is 0 Å². The molecule has 0 aliphatic heterocycles. The van der Waals surface area contributed by atoms with Crippen LogP contribution in [0.3, 0.4) is 0 Å². The topological polar surface area (TPSA) is 65.3 Å². The molecule has 0 aliphatic carbocycles. The Morgan fingerprint density at radius 3 is 2.67 bits per heavy atom. The van der Waals surface area contributed by atoms with E-state index in [9.17, 15) is 10.1 Å². The molecule has 0 spiro atoms. The van der Waals surface area contributed by atoms with E-state index in [4.69, 9.17) is 4.74 Å². The number of methoxy groups -OCH3 is 1. The van der Waals surface area contributed by atoms with Crippen LogP contribution >= 0.6 is 0 Å². The van der Waals surface area contributed by atoms with Crippen LogP contribution in [0.25, 0.3) is 11.3 Å². The second-order valence-corrected chi connectivity index (χ2v) is 3.86. The predicted molar refractivity (Wildman–Crippen MR) is 67.6 cm³/mol. The van der Waals surface area contributed by atoms with Crippen LogP contribution in [-0.4, -0.2) is 17.0 Å². The van der Waals surface area contributed by atoms with Gasteiger partial charge >= 0.3 is 5.69 Å². The van der Waals surface area contributed by atoms with Gasteiger partial charge in [-0.25, -0.2) is 0 Å². The van der Waals surface area contributed by atoms with E-state index in [1.54, 1.807) is 18.3 Å². The van der Waals surface area contributed by atoms with Crippen molar-refractivity contribution >= 4 is 5.69 Å². The molecule has 0 aliphatic rings. The molecule has 5 heteroatoms. The minimum absolute atomic E-state index is 0.0571. The van der Waals surface area contributed by atoms with Crippen LogP contribution in [0.15, 0.2) is 36.5 Å². The van der Waals surface area contributed by atoms with Crippen molar-refractivity contribution in [1.82, 2.24) is 4.98 Å². The van der Waals surface area contributed by atoms with Gasteiger partial charge in [0.2, 0.25) is 0 Å². The van der Waals surface area contributed by atoms with E-state index >= 15 is 0 Å². The number of hydrogen-bond acceptors (Lipinski definition) is 4. The van der Waals surface area contributed by atoms with Gasteiger partial charge < -0.3 is 4.74 Å². The normalized spacial score (nSPS) is 10.1. The number of nitro groups is 1. The third-order valence-corrected chi connectivity index (χ3v) is 2.59. The number of hydrogen-bond donors (Lipinski definition) is 0. The summed E-state index contributed by atoms with van der Waals surface area (Å²) < 4.78 is 4.96. The zero-order valence-electron chi connectivity index (χ0n) is 10.1. The van der Waals surface area contributed by atoms with Crippen LogP contribution in [0.5, 0.6) is 5.75 Å². The molecule has 1 aromatic carbocycles. The second kappa shape index (κ2) is 4.83. The average molecular weight is 244 g/mol. The Morgan fingerprint density at radius 1 is 1.28 bits per heavy atom. The lowest BCUT2D eigenvalue weighted by Gasteiger charge is -2.05. The summed E-state index contributed by atoms with van der Waals surface area (Å²) in [4.78, 5) is 14.7. The van der Waals surface area contributed by atoms with Crippen LogP contribution in [0.2, 0.25) is 0 Å². The SMILES string of the molecule is COc1ccc(-c2cc(C)ccn2)cc1[N+](=O)[O-]. The van der Waals surface area contributed by atoms with Crippen molar-refractivity contribution in [3.63, 3.8) is 0 Å². The minimum Gasteiger partial charge on any atom is -0.490 e. The van der Waals surface area contributed by atoms with Crippen LogP contribution < -0.4 is 4.74 Å².